The van der Waals surface area contributed by atoms with Gasteiger partial charge in [0.05, 0.1) is 19.3 Å². The number of methoxy groups -OCH3 is 1. The molecule has 1 fully saturated rings. The van der Waals surface area contributed by atoms with Gasteiger partial charge in [-0.1, -0.05) is 6.07 Å². The molecule has 0 saturated carbocycles. The number of carbonyl (C=O) groups excluding carboxylic acids is 2. The number of benzene rings is 1. The van der Waals surface area contributed by atoms with Crippen molar-refractivity contribution in [2.45, 2.75) is 32.7 Å². The number of ether oxygens (including phenoxy) is 4. The first kappa shape index (κ1) is 21.6. The monoisotopic (exact) mass is 399 g/mol. The van der Waals surface area contributed by atoms with Crippen molar-refractivity contribution in [3.8, 4) is 11.5 Å². The number of morpholine rings is 1. The molecule has 9 heteroatoms. The topological polar surface area (TPSA) is 74.3 Å². The summed E-state index contributed by atoms with van der Waals surface area (Å²) >= 11 is 0. The van der Waals surface area contributed by atoms with E-state index in [0.717, 1.165) is 6.08 Å². The number of hydrogen-bond acceptors (Lipinski definition) is 6. The first-order valence-corrected chi connectivity index (χ1v) is 8.69. The van der Waals surface area contributed by atoms with Gasteiger partial charge in [0.1, 0.15) is 0 Å². The van der Waals surface area contributed by atoms with Crippen LogP contribution < -0.4 is 9.47 Å². The van der Waals surface area contributed by atoms with E-state index in [1.165, 1.54) is 31.4 Å². The van der Waals surface area contributed by atoms with Gasteiger partial charge >= 0.3 is 12.6 Å². The Morgan fingerprint density at radius 2 is 1.93 bits per heavy atom. The molecular formula is C19H23F2NO6. The lowest BCUT2D eigenvalue weighted by Gasteiger charge is -2.35. The summed E-state index contributed by atoms with van der Waals surface area (Å²) < 4.78 is 44.5. The quantitative estimate of drug-likeness (QED) is 0.518. The zero-order chi connectivity index (χ0) is 20.7. The molecule has 1 saturated heterocycles. The third kappa shape index (κ3) is 6.49. The highest BCUT2D eigenvalue weighted by molar-refractivity contribution is 5.89. The van der Waals surface area contributed by atoms with E-state index in [1.54, 1.807) is 4.90 Å². The number of rotatable bonds is 7. The van der Waals surface area contributed by atoms with Crippen molar-refractivity contribution >= 4 is 18.0 Å². The molecule has 0 radical (unpaired) electrons. The molecule has 2 atom stereocenters. The van der Waals surface area contributed by atoms with E-state index in [4.69, 9.17) is 14.2 Å². The van der Waals surface area contributed by atoms with Gasteiger partial charge in [-0.05, 0) is 37.6 Å². The Morgan fingerprint density at radius 1 is 1.25 bits per heavy atom. The van der Waals surface area contributed by atoms with Crippen LogP contribution in [0.5, 0.6) is 11.5 Å². The van der Waals surface area contributed by atoms with Crippen molar-refractivity contribution in [2.24, 2.45) is 0 Å². The number of esters is 1. The average Bonchev–Trinajstić information content (AvgIpc) is 2.64. The van der Waals surface area contributed by atoms with Crippen LogP contribution >= 0.6 is 0 Å². The molecule has 2 rings (SSSR count). The maximum absolute atomic E-state index is 12.3. The van der Waals surface area contributed by atoms with E-state index < -0.39 is 12.6 Å². The summed E-state index contributed by atoms with van der Waals surface area (Å²) in [6.45, 7) is 1.30. The summed E-state index contributed by atoms with van der Waals surface area (Å²) in [4.78, 5) is 25.6. The summed E-state index contributed by atoms with van der Waals surface area (Å²) in [6.07, 6.45) is 2.41. The SMILES string of the molecule is COc1cc(/C=C/C(=O)OCC(=O)N2C[C@H](C)O[C@@H](C)C2)ccc1OC(F)F. The molecule has 0 N–H and O–H groups in total. The molecule has 1 amide bonds. The van der Waals surface area contributed by atoms with E-state index in [2.05, 4.69) is 4.74 Å². The fourth-order valence-electron chi connectivity index (χ4n) is 2.80. The van der Waals surface area contributed by atoms with Crippen LogP contribution in [0.1, 0.15) is 19.4 Å². The molecule has 1 heterocycles. The Balaban J connectivity index is 1.88. The number of nitrogens with zero attached hydrogens (tertiary/aromatic N) is 1. The summed E-state index contributed by atoms with van der Waals surface area (Å²) in [5.41, 5.74) is 0.512. The minimum absolute atomic E-state index is 0.0738. The molecule has 7 nitrogen and oxygen atoms in total. The smallest absolute Gasteiger partial charge is 0.387 e. The molecule has 1 aliphatic heterocycles. The molecule has 1 aromatic rings. The van der Waals surface area contributed by atoms with E-state index >= 15 is 0 Å². The molecule has 1 aromatic carbocycles. The third-order valence-electron chi connectivity index (χ3n) is 3.93. The van der Waals surface area contributed by atoms with Gasteiger partial charge in [-0.15, -0.1) is 0 Å². The van der Waals surface area contributed by atoms with Gasteiger partial charge in [0.2, 0.25) is 0 Å². The van der Waals surface area contributed by atoms with Crippen LogP contribution in [0.4, 0.5) is 8.78 Å². The Bertz CT molecular complexity index is 714. The summed E-state index contributed by atoms with van der Waals surface area (Å²) in [5, 5.41) is 0. The number of amides is 1. The van der Waals surface area contributed by atoms with Crippen LogP contribution in [-0.2, 0) is 19.1 Å². The van der Waals surface area contributed by atoms with Gasteiger partial charge in [0.15, 0.2) is 18.1 Å². The standard InChI is InChI=1S/C19H23F2NO6/c1-12-9-22(10-13(2)27-12)17(23)11-26-18(24)7-5-14-4-6-15(28-19(20)21)16(8-14)25-3/h4-8,12-13,19H,9-11H2,1-3H3/b7-5+/t12-,13-/m0/s1. The van der Waals surface area contributed by atoms with Gasteiger partial charge < -0.3 is 23.8 Å². The Kier molecular flexibility index (Phi) is 7.74. The van der Waals surface area contributed by atoms with Crippen molar-refractivity contribution in [1.82, 2.24) is 4.90 Å². The number of hydrogen-bond donors (Lipinski definition) is 0. The molecule has 28 heavy (non-hydrogen) atoms. The Labute approximate surface area is 161 Å². The lowest BCUT2D eigenvalue weighted by molar-refractivity contribution is -0.154. The van der Waals surface area contributed by atoms with Crippen molar-refractivity contribution < 1.29 is 37.3 Å². The second-order valence-electron chi connectivity index (χ2n) is 6.29. The third-order valence-corrected chi connectivity index (χ3v) is 3.93. The Hall–Kier alpha value is -2.68. The van der Waals surface area contributed by atoms with E-state index in [9.17, 15) is 18.4 Å². The molecule has 0 bridgehead atoms. The second kappa shape index (κ2) is 10.0. The molecule has 0 spiro atoms. The highest BCUT2D eigenvalue weighted by Crippen LogP contribution is 2.29. The van der Waals surface area contributed by atoms with Crippen molar-refractivity contribution in [3.63, 3.8) is 0 Å². The van der Waals surface area contributed by atoms with Crippen LogP contribution in [0.25, 0.3) is 6.08 Å². The summed E-state index contributed by atoms with van der Waals surface area (Å²) in [7, 11) is 1.31. The molecular weight excluding hydrogens is 376 g/mol. The van der Waals surface area contributed by atoms with Crippen molar-refractivity contribution in [1.29, 1.82) is 0 Å². The van der Waals surface area contributed by atoms with Crippen molar-refractivity contribution in [3.05, 3.63) is 29.8 Å². The minimum Gasteiger partial charge on any atom is -0.493 e. The number of halogens is 2. The van der Waals surface area contributed by atoms with Crippen LogP contribution in [0.15, 0.2) is 24.3 Å². The maximum atomic E-state index is 12.3. The predicted molar refractivity (Wildman–Crippen MR) is 96.2 cm³/mol. The zero-order valence-corrected chi connectivity index (χ0v) is 15.9. The summed E-state index contributed by atoms with van der Waals surface area (Å²) in [6, 6.07) is 4.22. The van der Waals surface area contributed by atoms with Gasteiger partial charge in [-0.3, -0.25) is 4.79 Å². The van der Waals surface area contributed by atoms with Crippen LogP contribution in [-0.4, -0.2) is 62.4 Å². The minimum atomic E-state index is -2.97. The molecule has 0 aromatic heterocycles. The lowest BCUT2D eigenvalue weighted by Crippen LogP contribution is -2.49. The highest BCUT2D eigenvalue weighted by Gasteiger charge is 2.26. The van der Waals surface area contributed by atoms with E-state index in [-0.39, 0.29) is 36.2 Å². The first-order valence-electron chi connectivity index (χ1n) is 8.69. The lowest BCUT2D eigenvalue weighted by atomic mass is 10.2. The second-order valence-corrected chi connectivity index (χ2v) is 6.29. The molecule has 154 valence electrons. The maximum Gasteiger partial charge on any atom is 0.387 e. The van der Waals surface area contributed by atoms with Gasteiger partial charge in [-0.2, -0.15) is 8.78 Å². The van der Waals surface area contributed by atoms with Gasteiger partial charge in [0, 0.05) is 19.2 Å². The van der Waals surface area contributed by atoms with Crippen LogP contribution in [0.2, 0.25) is 0 Å². The normalized spacial score (nSPS) is 19.7. The number of alkyl halides is 2. The van der Waals surface area contributed by atoms with Crippen molar-refractivity contribution in [2.75, 3.05) is 26.8 Å². The van der Waals surface area contributed by atoms with E-state index in [1.807, 2.05) is 13.8 Å². The average molecular weight is 399 g/mol. The van der Waals surface area contributed by atoms with Crippen LogP contribution in [0, 0.1) is 0 Å². The first-order chi connectivity index (χ1) is 13.3. The largest absolute Gasteiger partial charge is 0.493 e. The molecule has 0 unspecified atom stereocenters. The molecule has 0 aliphatic carbocycles. The highest BCUT2D eigenvalue weighted by atomic mass is 19.3. The van der Waals surface area contributed by atoms with E-state index in [0.29, 0.717) is 18.7 Å². The Morgan fingerprint density at radius 3 is 2.54 bits per heavy atom. The van der Waals surface area contributed by atoms with Gasteiger partial charge in [-0.25, -0.2) is 4.79 Å². The predicted octanol–water partition coefficient (Wildman–Crippen LogP) is 2.49. The zero-order valence-electron chi connectivity index (χ0n) is 15.9. The fourth-order valence-corrected chi connectivity index (χ4v) is 2.80. The van der Waals surface area contributed by atoms with Crippen LogP contribution in [0.3, 0.4) is 0 Å². The molecule has 1 aliphatic rings. The van der Waals surface area contributed by atoms with Gasteiger partial charge in [0.25, 0.3) is 5.91 Å². The fraction of sp³-hybridized carbons (Fsp3) is 0.474. The number of carbonyl (C=O) groups is 2. The summed E-state index contributed by atoms with van der Waals surface area (Å²) in [5.74, 6) is -1.01.